The Hall–Kier alpha value is -0.900. The van der Waals surface area contributed by atoms with Crippen molar-refractivity contribution in [2.45, 2.75) is 18.6 Å². The van der Waals surface area contributed by atoms with E-state index in [0.717, 1.165) is 19.3 Å². The fourth-order valence-corrected chi connectivity index (χ4v) is 1.93. The van der Waals surface area contributed by atoms with Crippen molar-refractivity contribution >= 4 is 18.7 Å². The first kappa shape index (κ1) is 12.2. The lowest BCUT2D eigenvalue weighted by Crippen LogP contribution is -2.37. The molecule has 1 aromatic carbocycles. The van der Waals surface area contributed by atoms with E-state index in [1.54, 1.807) is 18.2 Å². The largest absolute Gasteiger partial charge is 0.372 e. The summed E-state index contributed by atoms with van der Waals surface area (Å²) in [5.74, 6) is 0. The predicted molar refractivity (Wildman–Crippen MR) is 60.2 cm³/mol. The summed E-state index contributed by atoms with van der Waals surface area (Å²) >= 11 is 0. The number of aliphatic hydroxyl groups is 1. The van der Waals surface area contributed by atoms with Crippen molar-refractivity contribution in [3.8, 4) is 0 Å². The van der Waals surface area contributed by atoms with Crippen LogP contribution in [0.25, 0.3) is 0 Å². The Kier molecular flexibility index (Phi) is 3.85. The van der Waals surface area contributed by atoms with Crippen LogP contribution in [0, 0.1) is 0 Å². The highest BCUT2D eigenvalue weighted by Gasteiger charge is 2.33. The van der Waals surface area contributed by atoms with Gasteiger partial charge in [-0.1, -0.05) is 24.3 Å². The van der Waals surface area contributed by atoms with Crippen molar-refractivity contribution in [2.24, 2.45) is 0 Å². The van der Waals surface area contributed by atoms with Gasteiger partial charge in [0, 0.05) is 11.1 Å². The van der Waals surface area contributed by atoms with E-state index in [4.69, 9.17) is 0 Å². The zero-order valence-electron chi connectivity index (χ0n) is 8.27. The summed E-state index contributed by atoms with van der Waals surface area (Å²) in [5.41, 5.74) is 0.245. The van der Waals surface area contributed by atoms with E-state index in [0.29, 0.717) is 17.5 Å². The van der Waals surface area contributed by atoms with E-state index in [-0.39, 0.29) is 12.4 Å². The number of carbonyl (C=O) groups is 1. The van der Waals surface area contributed by atoms with Crippen molar-refractivity contribution in [2.75, 3.05) is 6.54 Å². The molecule has 0 spiro atoms. The number of halogens is 1. The number of carbonyl (C=O) groups excluding carboxylic acids is 1. The van der Waals surface area contributed by atoms with Crippen LogP contribution in [0.3, 0.4) is 0 Å². The van der Waals surface area contributed by atoms with Gasteiger partial charge in [0.2, 0.25) is 0 Å². The van der Waals surface area contributed by atoms with E-state index < -0.39 is 5.72 Å². The van der Waals surface area contributed by atoms with E-state index in [1.807, 2.05) is 6.07 Å². The molecule has 1 fully saturated rings. The molecular formula is C11H14ClNO2. The third-order valence-corrected chi connectivity index (χ3v) is 2.67. The summed E-state index contributed by atoms with van der Waals surface area (Å²) in [6.45, 7) is 0.795. The van der Waals surface area contributed by atoms with Gasteiger partial charge in [0.05, 0.1) is 0 Å². The molecule has 0 radical (unpaired) electrons. The van der Waals surface area contributed by atoms with Gasteiger partial charge in [-0.05, 0) is 19.4 Å². The van der Waals surface area contributed by atoms with Crippen LogP contribution < -0.4 is 5.32 Å². The van der Waals surface area contributed by atoms with Crippen LogP contribution in [0.4, 0.5) is 0 Å². The average Bonchev–Trinajstić information content (AvgIpc) is 2.66. The minimum Gasteiger partial charge on any atom is -0.372 e. The number of hydrogen-bond acceptors (Lipinski definition) is 3. The maximum Gasteiger partial charge on any atom is 0.150 e. The molecule has 2 rings (SSSR count). The summed E-state index contributed by atoms with van der Waals surface area (Å²) in [5, 5.41) is 13.2. The summed E-state index contributed by atoms with van der Waals surface area (Å²) < 4.78 is 0. The maximum atomic E-state index is 10.8. The average molecular weight is 228 g/mol. The van der Waals surface area contributed by atoms with Gasteiger partial charge < -0.3 is 5.11 Å². The molecule has 1 saturated heterocycles. The number of hydrogen-bond donors (Lipinski definition) is 2. The van der Waals surface area contributed by atoms with Gasteiger partial charge in [-0.25, -0.2) is 0 Å². The van der Waals surface area contributed by atoms with Gasteiger partial charge in [-0.3, -0.25) is 10.1 Å². The van der Waals surface area contributed by atoms with Gasteiger partial charge in [0.15, 0.2) is 0 Å². The van der Waals surface area contributed by atoms with Crippen molar-refractivity contribution in [1.82, 2.24) is 5.32 Å². The molecule has 2 N–H and O–H groups in total. The quantitative estimate of drug-likeness (QED) is 0.752. The molecule has 0 unspecified atom stereocenters. The zero-order valence-corrected chi connectivity index (χ0v) is 9.09. The number of benzene rings is 1. The van der Waals surface area contributed by atoms with Crippen LogP contribution in [-0.2, 0) is 5.72 Å². The fraction of sp³-hybridized carbons (Fsp3) is 0.364. The molecule has 3 nitrogen and oxygen atoms in total. The smallest absolute Gasteiger partial charge is 0.150 e. The Balaban J connectivity index is 0.00000112. The molecular weight excluding hydrogens is 214 g/mol. The monoisotopic (exact) mass is 227 g/mol. The Labute approximate surface area is 94.9 Å². The lowest BCUT2D eigenvalue weighted by Gasteiger charge is -2.24. The zero-order chi connectivity index (χ0) is 10.0. The van der Waals surface area contributed by atoms with E-state index in [2.05, 4.69) is 5.32 Å². The molecule has 4 heteroatoms. The lowest BCUT2D eigenvalue weighted by atomic mass is 9.96. The van der Waals surface area contributed by atoms with Gasteiger partial charge in [0.25, 0.3) is 0 Å². The van der Waals surface area contributed by atoms with Crippen molar-refractivity contribution < 1.29 is 9.90 Å². The van der Waals surface area contributed by atoms with Gasteiger partial charge in [0.1, 0.15) is 12.0 Å². The second kappa shape index (κ2) is 4.75. The van der Waals surface area contributed by atoms with Crippen molar-refractivity contribution in [3.05, 3.63) is 35.4 Å². The summed E-state index contributed by atoms with van der Waals surface area (Å²) in [6.07, 6.45) is 2.38. The number of rotatable bonds is 2. The molecule has 0 aliphatic carbocycles. The first-order valence-electron chi connectivity index (χ1n) is 4.78. The summed E-state index contributed by atoms with van der Waals surface area (Å²) in [7, 11) is 0. The Morgan fingerprint density at radius 1 is 1.40 bits per heavy atom. The van der Waals surface area contributed by atoms with E-state index in [1.165, 1.54) is 0 Å². The molecule has 1 aromatic rings. The highest BCUT2D eigenvalue weighted by Crippen LogP contribution is 2.29. The van der Waals surface area contributed by atoms with Crippen LogP contribution in [0.1, 0.15) is 28.8 Å². The number of nitrogens with one attached hydrogen (secondary N) is 1. The second-order valence-corrected chi connectivity index (χ2v) is 3.60. The molecule has 1 aliphatic heterocycles. The van der Waals surface area contributed by atoms with Crippen molar-refractivity contribution in [3.63, 3.8) is 0 Å². The Bertz CT molecular complexity index is 348. The molecule has 0 amide bonds. The molecule has 0 aromatic heterocycles. The predicted octanol–water partition coefficient (Wildman–Crippen LogP) is 1.45. The second-order valence-electron chi connectivity index (χ2n) is 3.60. The van der Waals surface area contributed by atoms with Crippen LogP contribution in [0.5, 0.6) is 0 Å². The van der Waals surface area contributed by atoms with E-state index >= 15 is 0 Å². The fourth-order valence-electron chi connectivity index (χ4n) is 1.93. The van der Waals surface area contributed by atoms with Crippen molar-refractivity contribution in [1.29, 1.82) is 0 Å². The third-order valence-electron chi connectivity index (χ3n) is 2.67. The first-order valence-corrected chi connectivity index (χ1v) is 4.78. The first-order chi connectivity index (χ1) is 6.76. The minimum atomic E-state index is -1.00. The van der Waals surface area contributed by atoms with Gasteiger partial charge in [-0.2, -0.15) is 0 Å². The minimum absolute atomic E-state index is 0. The molecule has 0 bridgehead atoms. The van der Waals surface area contributed by atoms with Crippen LogP contribution in [0.2, 0.25) is 0 Å². The highest BCUT2D eigenvalue weighted by molar-refractivity contribution is 5.85. The lowest BCUT2D eigenvalue weighted by molar-refractivity contribution is 0.0201. The standard InChI is InChI=1S/C11H13NO2.ClH/c13-8-9-4-1-2-5-10(9)11(14)6-3-7-12-11;/h1-2,4-5,8,12,14H,3,6-7H2;1H/t11-;/m1./s1. The third kappa shape index (κ3) is 2.20. The normalized spacial score (nSPS) is 24.6. The molecule has 1 heterocycles. The van der Waals surface area contributed by atoms with Crippen LogP contribution in [-0.4, -0.2) is 17.9 Å². The maximum absolute atomic E-state index is 10.8. The summed E-state index contributed by atoms with van der Waals surface area (Å²) in [4.78, 5) is 10.8. The van der Waals surface area contributed by atoms with Gasteiger partial charge in [-0.15, -0.1) is 12.4 Å². The van der Waals surface area contributed by atoms with Gasteiger partial charge >= 0.3 is 0 Å². The Morgan fingerprint density at radius 2 is 2.13 bits per heavy atom. The van der Waals surface area contributed by atoms with Crippen LogP contribution in [0.15, 0.2) is 24.3 Å². The Morgan fingerprint density at radius 3 is 2.73 bits per heavy atom. The molecule has 1 aliphatic rings. The van der Waals surface area contributed by atoms with E-state index in [9.17, 15) is 9.90 Å². The SMILES string of the molecule is Cl.O=Cc1ccccc1[C@]1(O)CCCN1. The highest BCUT2D eigenvalue weighted by atomic mass is 35.5. The molecule has 82 valence electrons. The van der Waals surface area contributed by atoms with Crippen LogP contribution >= 0.6 is 12.4 Å². The number of aldehydes is 1. The topological polar surface area (TPSA) is 49.3 Å². The molecule has 0 saturated carbocycles. The molecule has 1 atom stereocenters. The summed E-state index contributed by atoms with van der Waals surface area (Å²) in [6, 6.07) is 7.15. The molecule has 15 heavy (non-hydrogen) atoms.